The van der Waals surface area contributed by atoms with Crippen LogP contribution in [-0.2, 0) is 19.4 Å². The van der Waals surface area contributed by atoms with Gasteiger partial charge in [0.1, 0.15) is 0 Å². The van der Waals surface area contributed by atoms with Crippen molar-refractivity contribution in [1.82, 2.24) is 10.2 Å². The Bertz CT molecular complexity index is 514. The van der Waals surface area contributed by atoms with Crippen LogP contribution in [0.4, 0.5) is 0 Å². The van der Waals surface area contributed by atoms with Crippen LogP contribution >= 0.6 is 0 Å². The van der Waals surface area contributed by atoms with E-state index in [9.17, 15) is 18.0 Å². The molecule has 21 heavy (non-hydrogen) atoms. The van der Waals surface area contributed by atoms with Crippen molar-refractivity contribution >= 4 is 21.7 Å². The number of nitrogens with zero attached hydrogens (tertiary/aromatic N) is 1. The summed E-state index contributed by atoms with van der Waals surface area (Å²) in [7, 11) is -3.18. The number of hydrogen-bond donors (Lipinski definition) is 2. The third kappa shape index (κ3) is 4.16. The van der Waals surface area contributed by atoms with Gasteiger partial charge in [-0.2, -0.15) is 0 Å². The van der Waals surface area contributed by atoms with Crippen LogP contribution in [0.1, 0.15) is 27.7 Å². The Morgan fingerprint density at radius 1 is 1.33 bits per heavy atom. The summed E-state index contributed by atoms with van der Waals surface area (Å²) in [6.07, 6.45) is 0. The molecule has 0 aromatic carbocycles. The van der Waals surface area contributed by atoms with E-state index in [1.807, 2.05) is 13.8 Å². The van der Waals surface area contributed by atoms with Gasteiger partial charge in [0, 0.05) is 13.1 Å². The average Bonchev–Trinajstić information content (AvgIpc) is 2.37. The molecule has 0 bridgehead atoms. The van der Waals surface area contributed by atoms with E-state index in [0.717, 1.165) is 0 Å². The van der Waals surface area contributed by atoms with E-state index in [1.54, 1.807) is 13.8 Å². The zero-order valence-corrected chi connectivity index (χ0v) is 13.9. The van der Waals surface area contributed by atoms with Gasteiger partial charge < -0.3 is 16.0 Å². The van der Waals surface area contributed by atoms with Gasteiger partial charge in [-0.05, 0) is 19.8 Å². The molecule has 1 atom stereocenters. The van der Waals surface area contributed by atoms with Crippen LogP contribution in [0, 0.1) is 5.92 Å². The number of carbonyl (C=O) groups is 2. The number of carbonyl (C=O) groups excluding carboxylic acids is 2. The molecule has 1 heterocycles. The van der Waals surface area contributed by atoms with Crippen LogP contribution < -0.4 is 11.1 Å². The minimum Gasteiger partial charge on any atom is -0.346 e. The van der Waals surface area contributed by atoms with Gasteiger partial charge in [-0.3, -0.25) is 9.59 Å². The maximum atomic E-state index is 12.1. The van der Waals surface area contributed by atoms with Crippen molar-refractivity contribution in [2.45, 2.75) is 38.5 Å². The van der Waals surface area contributed by atoms with Crippen molar-refractivity contribution in [2.75, 3.05) is 25.4 Å². The molecular weight excluding hydrogens is 294 g/mol. The average molecular weight is 319 g/mol. The topological polar surface area (TPSA) is 110 Å². The van der Waals surface area contributed by atoms with Crippen LogP contribution in [-0.4, -0.2) is 61.3 Å². The molecule has 1 saturated heterocycles. The first kappa shape index (κ1) is 17.9. The number of hydrogen-bond acceptors (Lipinski definition) is 5. The predicted octanol–water partition coefficient (Wildman–Crippen LogP) is -0.878. The largest absolute Gasteiger partial charge is 0.346 e. The van der Waals surface area contributed by atoms with Crippen molar-refractivity contribution in [2.24, 2.45) is 11.7 Å². The Morgan fingerprint density at radius 2 is 1.90 bits per heavy atom. The second kappa shape index (κ2) is 6.31. The van der Waals surface area contributed by atoms with Crippen LogP contribution in [0.15, 0.2) is 0 Å². The highest BCUT2D eigenvalue weighted by molar-refractivity contribution is 7.92. The summed E-state index contributed by atoms with van der Waals surface area (Å²) < 4.78 is 22.8. The monoisotopic (exact) mass is 319 g/mol. The minimum absolute atomic E-state index is 0.0147. The van der Waals surface area contributed by atoms with Gasteiger partial charge in [-0.1, -0.05) is 13.8 Å². The molecule has 0 radical (unpaired) electrons. The molecule has 3 N–H and O–H groups in total. The molecule has 0 aromatic rings. The fourth-order valence-corrected chi connectivity index (χ4v) is 3.42. The van der Waals surface area contributed by atoms with Gasteiger partial charge in [0.05, 0.1) is 23.1 Å². The van der Waals surface area contributed by atoms with Gasteiger partial charge in [0.15, 0.2) is 9.84 Å². The Kier molecular flexibility index (Phi) is 5.38. The van der Waals surface area contributed by atoms with Gasteiger partial charge in [0.2, 0.25) is 11.8 Å². The zero-order chi connectivity index (χ0) is 16.4. The smallest absolute Gasteiger partial charge is 0.242 e. The van der Waals surface area contributed by atoms with Crippen molar-refractivity contribution in [3.8, 4) is 0 Å². The van der Waals surface area contributed by atoms with Crippen molar-refractivity contribution in [3.63, 3.8) is 0 Å². The van der Waals surface area contributed by atoms with Gasteiger partial charge in [0.25, 0.3) is 0 Å². The summed E-state index contributed by atoms with van der Waals surface area (Å²) in [6.45, 7) is 7.00. The molecule has 1 aliphatic rings. The first-order chi connectivity index (χ1) is 9.48. The van der Waals surface area contributed by atoms with E-state index in [0.29, 0.717) is 0 Å². The highest BCUT2D eigenvalue weighted by Crippen LogP contribution is 2.23. The first-order valence-electron chi connectivity index (χ1n) is 7.01. The fraction of sp³-hybridized carbons (Fsp3) is 0.846. The molecule has 122 valence electrons. The quantitative estimate of drug-likeness (QED) is 0.699. The third-order valence-electron chi connectivity index (χ3n) is 3.83. The molecule has 0 aromatic heterocycles. The summed E-state index contributed by atoms with van der Waals surface area (Å²) in [6, 6.07) is -0.657. The highest BCUT2D eigenvalue weighted by atomic mass is 32.2. The van der Waals surface area contributed by atoms with Gasteiger partial charge in [-0.15, -0.1) is 0 Å². The lowest BCUT2D eigenvalue weighted by Crippen LogP contribution is -2.56. The lowest BCUT2D eigenvalue weighted by atomic mass is 10.1. The molecular formula is C13H25N3O4S. The molecule has 0 unspecified atom stereocenters. The van der Waals surface area contributed by atoms with Crippen LogP contribution in [0.2, 0.25) is 0 Å². The molecule has 1 rings (SSSR count). The summed E-state index contributed by atoms with van der Waals surface area (Å²) >= 11 is 0. The van der Waals surface area contributed by atoms with E-state index < -0.39 is 20.6 Å². The Labute approximate surface area is 126 Å². The van der Waals surface area contributed by atoms with Crippen molar-refractivity contribution in [1.29, 1.82) is 0 Å². The zero-order valence-electron chi connectivity index (χ0n) is 13.0. The lowest BCUT2D eigenvalue weighted by molar-refractivity contribution is -0.133. The van der Waals surface area contributed by atoms with Crippen LogP contribution in [0.25, 0.3) is 0 Å². The number of nitrogens with one attached hydrogen (secondary N) is 1. The lowest BCUT2D eigenvalue weighted by Gasteiger charge is -2.37. The standard InChI is InChI=1S/C13H25N3O4S/c1-9(2)11(14)12(18)15-7-10(17)16-5-6-21(19,20)13(3,4)8-16/h9,11H,5-8,14H2,1-4H3,(H,15,18)/t11-/m0/s1. The normalized spacial score (nSPS) is 21.9. The molecule has 1 fully saturated rings. The Morgan fingerprint density at radius 3 is 2.38 bits per heavy atom. The number of nitrogens with two attached hydrogens (primary N) is 1. The molecule has 8 heteroatoms. The number of amides is 2. The number of rotatable bonds is 4. The Balaban J connectivity index is 2.57. The molecule has 1 aliphatic heterocycles. The first-order valence-corrected chi connectivity index (χ1v) is 8.66. The summed E-state index contributed by atoms with van der Waals surface area (Å²) in [5.41, 5.74) is 5.69. The van der Waals surface area contributed by atoms with Crippen molar-refractivity contribution in [3.05, 3.63) is 0 Å². The second-order valence-corrected chi connectivity index (χ2v) is 9.12. The maximum absolute atomic E-state index is 12.1. The van der Waals surface area contributed by atoms with Crippen LogP contribution in [0.3, 0.4) is 0 Å². The second-order valence-electron chi connectivity index (χ2n) is 6.38. The van der Waals surface area contributed by atoms with Crippen LogP contribution in [0.5, 0.6) is 0 Å². The van der Waals surface area contributed by atoms with Crippen molar-refractivity contribution < 1.29 is 18.0 Å². The third-order valence-corrected chi connectivity index (χ3v) is 6.36. The molecule has 2 amide bonds. The summed E-state index contributed by atoms with van der Waals surface area (Å²) in [4.78, 5) is 25.2. The Hall–Kier alpha value is -1.15. The van der Waals surface area contributed by atoms with E-state index in [2.05, 4.69) is 5.32 Å². The summed E-state index contributed by atoms with van der Waals surface area (Å²) in [5, 5.41) is 2.50. The number of sulfone groups is 1. The van der Waals surface area contributed by atoms with E-state index in [-0.39, 0.29) is 43.1 Å². The van der Waals surface area contributed by atoms with E-state index in [1.165, 1.54) is 4.90 Å². The van der Waals surface area contributed by atoms with E-state index in [4.69, 9.17) is 5.73 Å². The minimum atomic E-state index is -3.18. The molecule has 0 aliphatic carbocycles. The summed E-state index contributed by atoms with van der Waals surface area (Å²) in [5.74, 6) is -0.728. The maximum Gasteiger partial charge on any atom is 0.242 e. The fourth-order valence-electron chi connectivity index (χ4n) is 2.05. The molecule has 0 saturated carbocycles. The molecule has 0 spiro atoms. The van der Waals surface area contributed by atoms with E-state index >= 15 is 0 Å². The highest BCUT2D eigenvalue weighted by Gasteiger charge is 2.41. The van der Waals surface area contributed by atoms with Gasteiger partial charge >= 0.3 is 0 Å². The van der Waals surface area contributed by atoms with Gasteiger partial charge in [-0.25, -0.2) is 8.42 Å². The molecule has 7 nitrogen and oxygen atoms in total. The SMILES string of the molecule is CC(C)[C@H](N)C(=O)NCC(=O)N1CCS(=O)(=O)C(C)(C)C1. The predicted molar refractivity (Wildman–Crippen MR) is 80.3 cm³/mol.